The molecule has 2 aromatic heterocycles. The van der Waals surface area contributed by atoms with Crippen LogP contribution in [0.3, 0.4) is 0 Å². The van der Waals surface area contributed by atoms with E-state index in [0.29, 0.717) is 45.3 Å². The molecular weight excluding hydrogens is 448 g/mol. The molecular formula is C25H28N6O4. The van der Waals surface area contributed by atoms with Gasteiger partial charge in [-0.1, -0.05) is 32.0 Å². The predicted octanol–water partition coefficient (Wildman–Crippen LogP) is 4.41. The number of anilines is 3. The van der Waals surface area contributed by atoms with Crippen LogP contribution in [0, 0.1) is 13.8 Å². The molecule has 10 heteroatoms. The maximum Gasteiger partial charge on any atom is 0.324 e. The van der Waals surface area contributed by atoms with Crippen LogP contribution in [0.15, 0.2) is 28.8 Å². The van der Waals surface area contributed by atoms with Crippen molar-refractivity contribution in [3.05, 3.63) is 58.1 Å². The fourth-order valence-electron chi connectivity index (χ4n) is 3.91. The van der Waals surface area contributed by atoms with Crippen molar-refractivity contribution in [2.24, 2.45) is 0 Å². The van der Waals surface area contributed by atoms with E-state index in [-0.39, 0.29) is 17.2 Å². The van der Waals surface area contributed by atoms with Crippen molar-refractivity contribution in [3.63, 3.8) is 0 Å². The number of nitrogens with one attached hydrogen (secondary N) is 5. The first-order valence-electron chi connectivity index (χ1n) is 11.1. The number of hydrogen-bond acceptors (Lipinski definition) is 5. The van der Waals surface area contributed by atoms with Crippen LogP contribution in [0.4, 0.5) is 22.0 Å². The van der Waals surface area contributed by atoms with Crippen LogP contribution < -0.4 is 21.3 Å². The van der Waals surface area contributed by atoms with Crippen molar-refractivity contribution in [1.29, 1.82) is 0 Å². The predicted molar refractivity (Wildman–Crippen MR) is 134 cm³/mol. The van der Waals surface area contributed by atoms with Crippen LogP contribution in [0.1, 0.15) is 59.4 Å². The topological polar surface area (TPSA) is 141 Å². The van der Waals surface area contributed by atoms with E-state index in [0.717, 1.165) is 11.3 Å². The number of nitrogens with zero attached hydrogens (tertiary/aromatic N) is 1. The summed E-state index contributed by atoms with van der Waals surface area (Å²) in [6.45, 7) is 9.60. The van der Waals surface area contributed by atoms with Crippen LogP contribution in [0.25, 0.3) is 11.6 Å². The summed E-state index contributed by atoms with van der Waals surface area (Å²) in [5.41, 5.74) is 4.72. The molecule has 0 saturated carbocycles. The van der Waals surface area contributed by atoms with Gasteiger partial charge in [0, 0.05) is 41.2 Å². The van der Waals surface area contributed by atoms with E-state index in [2.05, 4.69) is 31.4 Å². The number of aryl methyl sites for hydroxylation is 1. The fraction of sp³-hybridized carbons (Fsp3) is 0.280. The standard InChI is InChI=1S/C25H28N6O4/c1-12-17(27-13(2)21(12)23(33)26-6)10-16-15-8-7-14(9-18(15)29-22(16)32)28-24(34)30-20-11-19(35-31-20)25(3,4)5/h7-11,27H,1-6H3,(H,26,33)(H,29,32)(H2,28,30,31,34)/b16-10-. The lowest BCUT2D eigenvalue weighted by Crippen LogP contribution is -2.19. The van der Waals surface area contributed by atoms with E-state index < -0.39 is 6.03 Å². The third-order valence-electron chi connectivity index (χ3n) is 5.77. The highest BCUT2D eigenvalue weighted by Crippen LogP contribution is 2.36. The Balaban J connectivity index is 1.53. The maximum absolute atomic E-state index is 12.7. The summed E-state index contributed by atoms with van der Waals surface area (Å²) in [7, 11) is 1.58. The second kappa shape index (κ2) is 8.79. The monoisotopic (exact) mass is 476 g/mol. The number of amides is 4. The third kappa shape index (κ3) is 4.68. The number of aromatic amines is 1. The van der Waals surface area contributed by atoms with E-state index in [1.54, 1.807) is 37.4 Å². The van der Waals surface area contributed by atoms with Gasteiger partial charge in [0.05, 0.1) is 16.8 Å². The van der Waals surface area contributed by atoms with Crippen LogP contribution in [0.2, 0.25) is 0 Å². The molecule has 0 unspecified atom stereocenters. The van der Waals surface area contributed by atoms with Gasteiger partial charge in [-0.3, -0.25) is 14.9 Å². The van der Waals surface area contributed by atoms with Crippen LogP contribution in [-0.2, 0) is 10.2 Å². The largest absolute Gasteiger partial charge is 0.359 e. The Hall–Kier alpha value is -4.34. The Bertz CT molecular complexity index is 1370. The summed E-state index contributed by atoms with van der Waals surface area (Å²) >= 11 is 0. The zero-order valence-electron chi connectivity index (χ0n) is 20.5. The summed E-state index contributed by atoms with van der Waals surface area (Å²) in [6, 6.07) is 6.34. The number of rotatable bonds is 4. The summed E-state index contributed by atoms with van der Waals surface area (Å²) in [5.74, 6) is 0.501. The minimum atomic E-state index is -0.488. The second-order valence-corrected chi connectivity index (χ2v) is 9.42. The summed E-state index contributed by atoms with van der Waals surface area (Å²) in [6.07, 6.45) is 1.73. The molecule has 1 aliphatic heterocycles. The number of hydrogen-bond donors (Lipinski definition) is 5. The van der Waals surface area contributed by atoms with Gasteiger partial charge >= 0.3 is 6.03 Å². The van der Waals surface area contributed by atoms with Gasteiger partial charge < -0.3 is 25.5 Å². The third-order valence-corrected chi connectivity index (χ3v) is 5.77. The van der Waals surface area contributed by atoms with Crippen molar-refractivity contribution in [2.45, 2.75) is 40.0 Å². The Morgan fingerprint density at radius 2 is 1.86 bits per heavy atom. The molecule has 0 radical (unpaired) electrons. The van der Waals surface area contributed by atoms with Crippen LogP contribution in [-0.4, -0.2) is 35.0 Å². The Morgan fingerprint density at radius 1 is 1.11 bits per heavy atom. The average molecular weight is 477 g/mol. The minimum Gasteiger partial charge on any atom is -0.359 e. The van der Waals surface area contributed by atoms with Crippen molar-refractivity contribution in [2.75, 3.05) is 23.0 Å². The summed E-state index contributed by atoms with van der Waals surface area (Å²) in [5, 5.41) is 14.7. The molecule has 0 saturated heterocycles. The number of carbonyl (C=O) groups is 3. The molecule has 0 atom stereocenters. The van der Waals surface area contributed by atoms with Crippen molar-refractivity contribution in [3.8, 4) is 0 Å². The molecule has 0 aliphatic carbocycles. The van der Waals surface area contributed by atoms with Gasteiger partial charge in [0.15, 0.2) is 5.82 Å². The number of fused-ring (bicyclic) bond motifs is 1. The SMILES string of the molecule is CNC(=O)c1c(C)[nH]c(/C=C2\C(=O)Nc3cc(NC(=O)Nc4cc(C(C)(C)C)on4)ccc32)c1C. The number of carbonyl (C=O) groups excluding carboxylic acids is 3. The number of urea groups is 1. The smallest absolute Gasteiger partial charge is 0.324 e. The number of H-pyrrole nitrogens is 1. The lowest BCUT2D eigenvalue weighted by atomic mass is 9.93. The van der Waals surface area contributed by atoms with Crippen molar-refractivity contribution in [1.82, 2.24) is 15.5 Å². The van der Waals surface area contributed by atoms with Gasteiger partial charge in [-0.2, -0.15) is 0 Å². The van der Waals surface area contributed by atoms with Crippen LogP contribution in [0.5, 0.6) is 0 Å². The summed E-state index contributed by atoms with van der Waals surface area (Å²) < 4.78 is 5.28. The lowest BCUT2D eigenvalue weighted by molar-refractivity contribution is -0.110. The molecule has 35 heavy (non-hydrogen) atoms. The molecule has 4 amide bonds. The van der Waals surface area contributed by atoms with E-state index >= 15 is 0 Å². The molecule has 5 N–H and O–H groups in total. The van der Waals surface area contributed by atoms with Crippen molar-refractivity contribution >= 4 is 46.7 Å². The zero-order valence-corrected chi connectivity index (χ0v) is 20.5. The first-order valence-corrected chi connectivity index (χ1v) is 11.1. The minimum absolute atomic E-state index is 0.189. The molecule has 4 rings (SSSR count). The van der Waals surface area contributed by atoms with Gasteiger partial charge in [-0.15, -0.1) is 0 Å². The van der Waals surface area contributed by atoms with E-state index in [9.17, 15) is 14.4 Å². The van der Waals surface area contributed by atoms with E-state index in [1.165, 1.54) is 0 Å². The first kappa shape index (κ1) is 23.8. The van der Waals surface area contributed by atoms with Gasteiger partial charge in [-0.25, -0.2) is 4.79 Å². The van der Waals surface area contributed by atoms with Gasteiger partial charge in [0.1, 0.15) is 5.76 Å². The molecule has 0 spiro atoms. The molecule has 10 nitrogen and oxygen atoms in total. The Labute approximate surface area is 202 Å². The lowest BCUT2D eigenvalue weighted by Gasteiger charge is -2.12. The molecule has 182 valence electrons. The maximum atomic E-state index is 12.7. The number of aromatic nitrogens is 2. The summed E-state index contributed by atoms with van der Waals surface area (Å²) in [4.78, 5) is 40.5. The molecule has 1 aromatic carbocycles. The Kier molecular flexibility index (Phi) is 5.98. The molecule has 1 aliphatic rings. The highest BCUT2D eigenvalue weighted by Gasteiger charge is 2.26. The molecule has 0 fully saturated rings. The first-order chi connectivity index (χ1) is 16.5. The molecule has 0 bridgehead atoms. The molecule has 3 heterocycles. The quantitative estimate of drug-likeness (QED) is 0.355. The van der Waals surface area contributed by atoms with Gasteiger partial charge in [-0.05, 0) is 37.6 Å². The van der Waals surface area contributed by atoms with E-state index in [1.807, 2.05) is 34.6 Å². The van der Waals surface area contributed by atoms with E-state index in [4.69, 9.17) is 4.52 Å². The highest BCUT2D eigenvalue weighted by molar-refractivity contribution is 6.35. The van der Waals surface area contributed by atoms with Gasteiger partial charge in [0.2, 0.25) is 0 Å². The number of benzene rings is 1. The van der Waals surface area contributed by atoms with Crippen molar-refractivity contribution < 1.29 is 18.9 Å². The Morgan fingerprint density at radius 3 is 2.51 bits per heavy atom. The highest BCUT2D eigenvalue weighted by atomic mass is 16.5. The average Bonchev–Trinajstić information content (AvgIpc) is 3.44. The zero-order chi connectivity index (χ0) is 25.5. The normalized spacial score (nSPS) is 14.0. The molecule has 3 aromatic rings. The van der Waals surface area contributed by atoms with Crippen LogP contribution >= 0.6 is 0 Å². The fourth-order valence-corrected chi connectivity index (χ4v) is 3.91. The van der Waals surface area contributed by atoms with Gasteiger partial charge in [0.25, 0.3) is 11.8 Å². The second-order valence-electron chi connectivity index (χ2n) is 9.42.